The van der Waals surface area contributed by atoms with Crippen molar-refractivity contribution in [3.8, 4) is 0 Å². The molecule has 0 bridgehead atoms. The molecule has 0 saturated carbocycles. The minimum Gasteiger partial charge on any atom is -0.380 e. The van der Waals surface area contributed by atoms with Crippen LogP contribution in [0.1, 0.15) is 6.42 Å². The van der Waals surface area contributed by atoms with Crippen LogP contribution in [0.5, 0.6) is 0 Å². The number of hydrogen-bond acceptors (Lipinski definition) is 2. The van der Waals surface area contributed by atoms with Gasteiger partial charge in [0.2, 0.25) is 5.82 Å². The number of anilines is 1. The Kier molecular flexibility index (Phi) is 5.76. The zero-order chi connectivity index (χ0) is 16.2. The van der Waals surface area contributed by atoms with E-state index in [0.717, 1.165) is 0 Å². The van der Waals surface area contributed by atoms with E-state index >= 15 is 0 Å². The molecular weight excluding hydrogens is 314 g/mol. The Balaban J connectivity index is 2.54. The fourth-order valence-electron chi connectivity index (χ4n) is 1.34. The summed E-state index contributed by atoms with van der Waals surface area (Å²) in [6.45, 7) is -2.23. The van der Waals surface area contributed by atoms with E-state index in [0.29, 0.717) is 0 Å². The summed E-state index contributed by atoms with van der Waals surface area (Å²) in [5.41, 5.74) is -1.23. The van der Waals surface area contributed by atoms with Gasteiger partial charge < -0.3 is 10.1 Å². The average molecular weight is 323 g/mol. The van der Waals surface area contributed by atoms with Gasteiger partial charge in [0.25, 0.3) is 0 Å². The van der Waals surface area contributed by atoms with Crippen LogP contribution in [-0.2, 0) is 4.74 Å². The quantitative estimate of drug-likeness (QED) is 0.372. The van der Waals surface area contributed by atoms with Crippen LogP contribution in [-0.4, -0.2) is 25.9 Å². The Morgan fingerprint density at radius 1 is 0.810 bits per heavy atom. The average Bonchev–Trinajstić information content (AvgIpc) is 2.40. The van der Waals surface area contributed by atoms with Crippen LogP contribution in [0.4, 0.5) is 40.8 Å². The van der Waals surface area contributed by atoms with E-state index in [9.17, 15) is 35.1 Å². The van der Waals surface area contributed by atoms with E-state index in [-0.39, 0.29) is 13.0 Å². The first-order valence-corrected chi connectivity index (χ1v) is 5.55. The molecule has 0 aromatic heterocycles. The molecule has 0 aliphatic rings. The predicted octanol–water partition coefficient (Wildman–Crippen LogP) is 3.76. The van der Waals surface area contributed by atoms with Crippen molar-refractivity contribution in [1.82, 2.24) is 0 Å². The summed E-state index contributed by atoms with van der Waals surface area (Å²) in [5.74, 6) is -10.6. The van der Waals surface area contributed by atoms with E-state index in [1.165, 1.54) is 0 Å². The summed E-state index contributed by atoms with van der Waals surface area (Å²) in [4.78, 5) is 0. The van der Waals surface area contributed by atoms with E-state index < -0.39 is 54.2 Å². The zero-order valence-electron chi connectivity index (χ0n) is 10.3. The number of halogens is 8. The molecule has 1 N–H and O–H groups in total. The van der Waals surface area contributed by atoms with Gasteiger partial charge in [-0.05, 0) is 6.42 Å². The van der Waals surface area contributed by atoms with Gasteiger partial charge in [0.15, 0.2) is 23.3 Å². The lowest BCUT2D eigenvalue weighted by Gasteiger charge is -2.11. The minimum atomic E-state index is -4.51. The second-order valence-electron chi connectivity index (χ2n) is 3.89. The van der Waals surface area contributed by atoms with Crippen molar-refractivity contribution in [2.75, 3.05) is 25.1 Å². The highest BCUT2D eigenvalue weighted by atomic mass is 19.4. The predicted molar refractivity (Wildman–Crippen MR) is 56.2 cm³/mol. The number of benzene rings is 1. The monoisotopic (exact) mass is 323 g/mol. The van der Waals surface area contributed by atoms with Crippen molar-refractivity contribution >= 4 is 5.69 Å². The molecule has 0 fully saturated rings. The van der Waals surface area contributed by atoms with Crippen LogP contribution in [0.3, 0.4) is 0 Å². The molecule has 1 rings (SSSR count). The topological polar surface area (TPSA) is 21.3 Å². The van der Waals surface area contributed by atoms with Crippen LogP contribution in [0.15, 0.2) is 0 Å². The highest BCUT2D eigenvalue weighted by Crippen LogP contribution is 2.26. The van der Waals surface area contributed by atoms with Crippen molar-refractivity contribution in [1.29, 1.82) is 0 Å². The first kappa shape index (κ1) is 17.5. The summed E-state index contributed by atoms with van der Waals surface area (Å²) in [5, 5.41) is 1.93. The highest BCUT2D eigenvalue weighted by molar-refractivity contribution is 5.47. The Labute approximate surface area is 113 Å². The number of nitrogens with one attached hydrogen (secondary N) is 1. The fraction of sp³-hybridized carbons (Fsp3) is 0.455. The molecule has 0 atom stereocenters. The third-order valence-electron chi connectivity index (χ3n) is 2.24. The Hall–Kier alpha value is -1.58. The Morgan fingerprint density at radius 2 is 1.29 bits per heavy atom. The van der Waals surface area contributed by atoms with Gasteiger partial charge in [-0.25, -0.2) is 22.0 Å². The third kappa shape index (κ3) is 4.73. The molecular formula is C11H9F8NO. The molecule has 10 heteroatoms. The largest absolute Gasteiger partial charge is 0.411 e. The standard InChI is InChI=1S/C11H9F8NO/c12-5-6(13)8(15)10(9(16)7(5)14)20-2-1-3-21-4-11(17,18)19/h20H,1-4H2. The summed E-state index contributed by atoms with van der Waals surface area (Å²) in [6, 6.07) is 0. The van der Waals surface area contributed by atoms with E-state index in [1.807, 2.05) is 5.32 Å². The molecule has 1 aromatic carbocycles. The molecule has 0 aliphatic carbocycles. The number of ether oxygens (including phenoxy) is 1. The van der Waals surface area contributed by atoms with E-state index in [4.69, 9.17) is 0 Å². The normalized spacial score (nSPS) is 11.8. The third-order valence-corrected chi connectivity index (χ3v) is 2.24. The van der Waals surface area contributed by atoms with Gasteiger partial charge in [0, 0.05) is 13.2 Å². The van der Waals surface area contributed by atoms with Crippen LogP contribution in [0, 0.1) is 29.1 Å². The van der Waals surface area contributed by atoms with E-state index in [1.54, 1.807) is 0 Å². The number of alkyl halides is 3. The number of rotatable bonds is 6. The summed E-state index contributed by atoms with van der Waals surface area (Å²) in [7, 11) is 0. The van der Waals surface area contributed by atoms with Crippen molar-refractivity contribution < 1.29 is 39.9 Å². The molecule has 21 heavy (non-hydrogen) atoms. The van der Waals surface area contributed by atoms with Gasteiger partial charge in [0.05, 0.1) is 0 Å². The molecule has 0 amide bonds. The molecule has 0 saturated heterocycles. The first-order chi connectivity index (χ1) is 9.65. The van der Waals surface area contributed by atoms with Gasteiger partial charge in [-0.2, -0.15) is 13.2 Å². The van der Waals surface area contributed by atoms with Crippen LogP contribution >= 0.6 is 0 Å². The SMILES string of the molecule is Fc1c(F)c(F)c(NCCCOCC(F)(F)F)c(F)c1F. The first-order valence-electron chi connectivity index (χ1n) is 5.55. The zero-order valence-corrected chi connectivity index (χ0v) is 10.3. The van der Waals surface area contributed by atoms with Crippen molar-refractivity contribution in [2.45, 2.75) is 12.6 Å². The van der Waals surface area contributed by atoms with Gasteiger partial charge in [-0.3, -0.25) is 0 Å². The lowest BCUT2D eigenvalue weighted by atomic mass is 10.2. The van der Waals surface area contributed by atoms with Gasteiger partial charge in [-0.1, -0.05) is 0 Å². The van der Waals surface area contributed by atoms with Crippen LogP contribution in [0.25, 0.3) is 0 Å². The maximum Gasteiger partial charge on any atom is 0.411 e. The maximum absolute atomic E-state index is 13.2. The fourth-order valence-corrected chi connectivity index (χ4v) is 1.34. The molecule has 120 valence electrons. The highest BCUT2D eigenvalue weighted by Gasteiger charge is 2.27. The van der Waals surface area contributed by atoms with Crippen molar-refractivity contribution in [3.63, 3.8) is 0 Å². The molecule has 0 aliphatic heterocycles. The second-order valence-corrected chi connectivity index (χ2v) is 3.89. The Bertz CT molecular complexity index is 473. The molecule has 2 nitrogen and oxygen atoms in total. The molecule has 0 unspecified atom stereocenters. The maximum atomic E-state index is 13.2. The summed E-state index contributed by atoms with van der Waals surface area (Å²) >= 11 is 0. The minimum absolute atomic E-state index is 0.129. The summed E-state index contributed by atoms with van der Waals surface area (Å²) < 4.78 is 104. The molecule has 1 aromatic rings. The second kappa shape index (κ2) is 6.92. The summed E-state index contributed by atoms with van der Waals surface area (Å²) in [6.07, 6.45) is -4.63. The van der Waals surface area contributed by atoms with Crippen molar-refractivity contribution in [2.24, 2.45) is 0 Å². The van der Waals surface area contributed by atoms with Gasteiger partial charge >= 0.3 is 6.18 Å². The van der Waals surface area contributed by atoms with Crippen LogP contribution in [0.2, 0.25) is 0 Å². The van der Waals surface area contributed by atoms with Crippen molar-refractivity contribution in [3.05, 3.63) is 29.1 Å². The Morgan fingerprint density at radius 3 is 1.76 bits per heavy atom. The van der Waals surface area contributed by atoms with Gasteiger partial charge in [0.1, 0.15) is 12.3 Å². The lowest BCUT2D eigenvalue weighted by Crippen LogP contribution is -2.18. The molecule has 0 radical (unpaired) electrons. The smallest absolute Gasteiger partial charge is 0.380 e. The van der Waals surface area contributed by atoms with Gasteiger partial charge in [-0.15, -0.1) is 0 Å². The lowest BCUT2D eigenvalue weighted by molar-refractivity contribution is -0.173. The molecule has 0 spiro atoms. The molecule has 0 heterocycles. The van der Waals surface area contributed by atoms with Crippen LogP contribution < -0.4 is 5.32 Å². The van der Waals surface area contributed by atoms with E-state index in [2.05, 4.69) is 4.74 Å². The number of hydrogen-bond donors (Lipinski definition) is 1.